The van der Waals surface area contributed by atoms with Crippen molar-refractivity contribution in [2.75, 3.05) is 18.1 Å². The first-order valence-electron chi connectivity index (χ1n) is 8.62. The molecule has 0 aliphatic rings. The largest absolute Gasteiger partial charge is 0.355 e. The van der Waals surface area contributed by atoms with Crippen LogP contribution in [0.15, 0.2) is 64.6 Å². The Morgan fingerprint density at radius 2 is 1.86 bits per heavy atom. The van der Waals surface area contributed by atoms with Crippen molar-refractivity contribution in [2.24, 2.45) is 0 Å². The van der Waals surface area contributed by atoms with Gasteiger partial charge in [0.25, 0.3) is 0 Å². The summed E-state index contributed by atoms with van der Waals surface area (Å²) in [5, 5.41) is 10.3. The zero-order chi connectivity index (χ0) is 19.6. The van der Waals surface area contributed by atoms with E-state index in [2.05, 4.69) is 20.5 Å². The smallest absolute Gasteiger partial charge is 0.230 e. The van der Waals surface area contributed by atoms with Gasteiger partial charge in [0.05, 0.1) is 5.75 Å². The molecule has 3 aromatic rings. The highest BCUT2D eigenvalue weighted by molar-refractivity contribution is 7.99. The van der Waals surface area contributed by atoms with Crippen LogP contribution in [0.1, 0.15) is 11.4 Å². The summed E-state index contributed by atoms with van der Waals surface area (Å²) in [4.78, 5) is 17.4. The molecule has 0 unspecified atom stereocenters. The maximum atomic E-state index is 12.9. The fourth-order valence-electron chi connectivity index (χ4n) is 2.20. The summed E-state index contributed by atoms with van der Waals surface area (Å²) in [5.41, 5.74) is 0.861. The van der Waals surface area contributed by atoms with E-state index in [4.69, 9.17) is 0 Å². The van der Waals surface area contributed by atoms with Crippen molar-refractivity contribution in [1.29, 1.82) is 0 Å². The second-order valence-corrected chi connectivity index (χ2v) is 7.80. The van der Waals surface area contributed by atoms with Crippen LogP contribution in [0.25, 0.3) is 12.2 Å². The van der Waals surface area contributed by atoms with Crippen molar-refractivity contribution in [2.45, 2.75) is 10.1 Å². The molecule has 0 radical (unpaired) electrons. The van der Waals surface area contributed by atoms with Gasteiger partial charge >= 0.3 is 0 Å². The van der Waals surface area contributed by atoms with Gasteiger partial charge < -0.3 is 5.32 Å². The van der Waals surface area contributed by atoms with E-state index in [0.717, 1.165) is 11.3 Å². The third-order valence-corrected chi connectivity index (χ3v) is 5.42. The SMILES string of the molecule is O=C(CSc1n[nH]c(/C=C/c2ccc(F)cc2)n1)NCCSc1ccccc1. The zero-order valence-corrected chi connectivity index (χ0v) is 16.6. The number of rotatable bonds is 9. The molecule has 1 aromatic heterocycles. The van der Waals surface area contributed by atoms with E-state index in [0.29, 0.717) is 17.5 Å². The Hall–Kier alpha value is -2.58. The van der Waals surface area contributed by atoms with Gasteiger partial charge in [-0.15, -0.1) is 16.9 Å². The van der Waals surface area contributed by atoms with Crippen LogP contribution in [0, 0.1) is 5.82 Å². The normalized spacial score (nSPS) is 11.0. The van der Waals surface area contributed by atoms with Gasteiger partial charge in [-0.1, -0.05) is 48.2 Å². The van der Waals surface area contributed by atoms with Crippen LogP contribution in [0.4, 0.5) is 4.39 Å². The number of nitrogens with zero attached hydrogens (tertiary/aromatic N) is 2. The van der Waals surface area contributed by atoms with Crippen LogP contribution in [-0.4, -0.2) is 39.1 Å². The molecule has 0 aliphatic heterocycles. The molecule has 28 heavy (non-hydrogen) atoms. The van der Waals surface area contributed by atoms with Crippen LogP contribution < -0.4 is 5.32 Å². The monoisotopic (exact) mass is 414 g/mol. The zero-order valence-electron chi connectivity index (χ0n) is 15.0. The lowest BCUT2D eigenvalue weighted by Crippen LogP contribution is -2.27. The van der Waals surface area contributed by atoms with Crippen LogP contribution in [0.2, 0.25) is 0 Å². The Balaban J connectivity index is 1.36. The molecule has 0 aliphatic carbocycles. The number of thioether (sulfide) groups is 2. The third kappa shape index (κ3) is 6.86. The van der Waals surface area contributed by atoms with Crippen molar-refractivity contribution in [3.8, 4) is 0 Å². The molecule has 2 aromatic carbocycles. The molecular weight excluding hydrogens is 395 g/mol. The molecule has 1 heterocycles. The number of H-pyrrole nitrogens is 1. The highest BCUT2D eigenvalue weighted by Gasteiger charge is 2.06. The average molecular weight is 415 g/mol. The fraction of sp³-hybridized carbons (Fsp3) is 0.150. The van der Waals surface area contributed by atoms with Gasteiger partial charge in [0.1, 0.15) is 11.6 Å². The topological polar surface area (TPSA) is 70.7 Å². The van der Waals surface area contributed by atoms with E-state index in [1.807, 2.05) is 36.4 Å². The second-order valence-electron chi connectivity index (χ2n) is 5.69. The highest BCUT2D eigenvalue weighted by Crippen LogP contribution is 2.16. The number of nitrogens with one attached hydrogen (secondary N) is 2. The summed E-state index contributed by atoms with van der Waals surface area (Å²) >= 11 is 2.98. The van der Waals surface area contributed by atoms with E-state index >= 15 is 0 Å². The van der Waals surface area contributed by atoms with E-state index in [1.165, 1.54) is 28.8 Å². The van der Waals surface area contributed by atoms with E-state index < -0.39 is 0 Å². The van der Waals surface area contributed by atoms with Gasteiger partial charge in [-0.3, -0.25) is 9.89 Å². The van der Waals surface area contributed by atoms with Crippen LogP contribution >= 0.6 is 23.5 Å². The number of hydrogen-bond donors (Lipinski definition) is 2. The number of hydrogen-bond acceptors (Lipinski definition) is 5. The van der Waals surface area contributed by atoms with E-state index in [-0.39, 0.29) is 17.5 Å². The average Bonchev–Trinajstić information content (AvgIpc) is 3.18. The number of aromatic nitrogens is 3. The van der Waals surface area contributed by atoms with E-state index in [1.54, 1.807) is 30.0 Å². The first-order valence-corrected chi connectivity index (χ1v) is 10.6. The number of benzene rings is 2. The van der Waals surface area contributed by atoms with Crippen molar-refractivity contribution >= 4 is 41.6 Å². The number of carbonyl (C=O) groups excluding carboxylic acids is 1. The molecule has 1 amide bonds. The molecule has 2 N–H and O–H groups in total. The van der Waals surface area contributed by atoms with Crippen molar-refractivity contribution in [1.82, 2.24) is 20.5 Å². The summed E-state index contributed by atoms with van der Waals surface area (Å²) in [5.74, 6) is 1.33. The molecular formula is C20H19FN4OS2. The molecule has 0 saturated heterocycles. The summed E-state index contributed by atoms with van der Waals surface area (Å²) in [6.45, 7) is 0.610. The molecule has 0 bridgehead atoms. The predicted octanol–water partition coefficient (Wildman–Crippen LogP) is 4.11. The molecule has 0 atom stereocenters. The van der Waals surface area contributed by atoms with Gasteiger partial charge in [0.15, 0.2) is 0 Å². The van der Waals surface area contributed by atoms with Gasteiger partial charge in [-0.05, 0) is 35.9 Å². The standard InChI is InChI=1S/C20H19FN4OS2/c21-16-9-6-15(7-10-16)8-11-18-23-20(25-24-18)28-14-19(26)22-12-13-27-17-4-2-1-3-5-17/h1-11H,12-14H2,(H,22,26)(H,23,24,25)/b11-8+. The molecule has 0 spiro atoms. The Morgan fingerprint density at radius 3 is 2.64 bits per heavy atom. The Bertz CT molecular complexity index is 913. The maximum absolute atomic E-state index is 12.9. The lowest BCUT2D eigenvalue weighted by atomic mass is 10.2. The Kier molecular flexibility index (Phi) is 7.69. The maximum Gasteiger partial charge on any atom is 0.230 e. The van der Waals surface area contributed by atoms with Gasteiger partial charge in [-0.2, -0.15) is 0 Å². The van der Waals surface area contributed by atoms with Crippen LogP contribution in [0.3, 0.4) is 0 Å². The molecule has 144 valence electrons. The van der Waals surface area contributed by atoms with Crippen molar-refractivity contribution in [3.05, 3.63) is 71.8 Å². The van der Waals surface area contributed by atoms with Gasteiger partial charge in [0.2, 0.25) is 11.1 Å². The fourth-order valence-corrected chi connectivity index (χ4v) is 3.63. The van der Waals surface area contributed by atoms with Crippen molar-refractivity contribution < 1.29 is 9.18 Å². The number of carbonyl (C=O) groups is 1. The molecule has 0 saturated carbocycles. The highest BCUT2D eigenvalue weighted by atomic mass is 32.2. The lowest BCUT2D eigenvalue weighted by Gasteiger charge is -2.04. The quantitative estimate of drug-likeness (QED) is 0.407. The molecule has 8 heteroatoms. The van der Waals surface area contributed by atoms with Crippen LogP contribution in [-0.2, 0) is 4.79 Å². The summed E-state index contributed by atoms with van der Waals surface area (Å²) < 4.78 is 12.9. The third-order valence-electron chi connectivity index (χ3n) is 3.55. The lowest BCUT2D eigenvalue weighted by molar-refractivity contribution is -0.118. The molecule has 5 nitrogen and oxygen atoms in total. The minimum Gasteiger partial charge on any atom is -0.355 e. The van der Waals surface area contributed by atoms with E-state index in [9.17, 15) is 9.18 Å². The van der Waals surface area contributed by atoms with Gasteiger partial charge in [0, 0.05) is 17.2 Å². The summed E-state index contributed by atoms with van der Waals surface area (Å²) in [7, 11) is 0. The predicted molar refractivity (Wildman–Crippen MR) is 113 cm³/mol. The molecule has 0 fully saturated rings. The van der Waals surface area contributed by atoms with Crippen molar-refractivity contribution in [3.63, 3.8) is 0 Å². The Labute approximate surface area is 171 Å². The Morgan fingerprint density at radius 1 is 1.07 bits per heavy atom. The van der Waals surface area contributed by atoms with Crippen LogP contribution in [0.5, 0.6) is 0 Å². The summed E-state index contributed by atoms with van der Waals surface area (Å²) in [6.07, 6.45) is 3.57. The number of amides is 1. The first kappa shape index (κ1) is 20.2. The molecule has 3 rings (SSSR count). The number of halogens is 1. The first-order chi connectivity index (χ1) is 13.7. The number of aromatic amines is 1. The minimum absolute atomic E-state index is 0.0492. The second kappa shape index (κ2) is 10.7. The van der Waals surface area contributed by atoms with Gasteiger partial charge in [-0.25, -0.2) is 9.37 Å². The minimum atomic E-state index is -0.271. The summed E-state index contributed by atoms with van der Waals surface area (Å²) in [6, 6.07) is 16.2.